The molecular formula is C23H21ClN4O2. The average Bonchev–Trinajstić information content (AvgIpc) is 3.30. The van der Waals surface area contributed by atoms with E-state index in [2.05, 4.69) is 29.3 Å². The quantitative estimate of drug-likeness (QED) is 0.456. The first-order valence-electron chi connectivity index (χ1n) is 9.95. The monoisotopic (exact) mass is 420 g/mol. The zero-order valence-corrected chi connectivity index (χ0v) is 17.8. The Bertz CT molecular complexity index is 1270. The van der Waals surface area contributed by atoms with E-state index in [9.17, 15) is 4.79 Å². The van der Waals surface area contributed by atoms with Crippen LogP contribution in [0.4, 0.5) is 0 Å². The number of fused-ring (bicyclic) bond motifs is 2. The van der Waals surface area contributed by atoms with Crippen LogP contribution in [0.5, 0.6) is 0 Å². The van der Waals surface area contributed by atoms with E-state index in [-0.39, 0.29) is 11.9 Å². The molecule has 152 valence electrons. The highest BCUT2D eigenvalue weighted by Crippen LogP contribution is 2.38. The Morgan fingerprint density at radius 3 is 2.83 bits per heavy atom. The van der Waals surface area contributed by atoms with E-state index in [0.717, 1.165) is 40.1 Å². The number of carbonyl (C=O) groups is 1. The van der Waals surface area contributed by atoms with Gasteiger partial charge in [-0.2, -0.15) is 5.10 Å². The molecule has 30 heavy (non-hydrogen) atoms. The third-order valence-corrected chi connectivity index (χ3v) is 6.16. The zero-order chi connectivity index (χ0) is 21.0. The van der Waals surface area contributed by atoms with E-state index >= 15 is 0 Å². The fourth-order valence-corrected chi connectivity index (χ4v) is 4.62. The maximum atomic E-state index is 13.3. The summed E-state index contributed by atoms with van der Waals surface area (Å²) >= 11 is 6.05. The third kappa shape index (κ3) is 2.91. The van der Waals surface area contributed by atoms with Crippen molar-refractivity contribution in [2.45, 2.75) is 33.2 Å². The standard InChI is InChI=1S/C23H21ClN4O2/c1-13-22(15(3)30-26-13)20-6-4-5-18-14(2)27(10-9-19(18)20)23(29)21-11-17-8-7-16(24)12-28(17)25-21/h4-8,11-12,14H,9-10H2,1-3H3. The van der Waals surface area contributed by atoms with Gasteiger partial charge < -0.3 is 9.42 Å². The Labute approximate surface area is 179 Å². The molecule has 0 spiro atoms. The molecule has 0 fully saturated rings. The number of benzene rings is 1. The molecule has 7 heteroatoms. The fourth-order valence-electron chi connectivity index (χ4n) is 4.46. The zero-order valence-electron chi connectivity index (χ0n) is 17.0. The van der Waals surface area contributed by atoms with Crippen LogP contribution in [-0.4, -0.2) is 32.1 Å². The van der Waals surface area contributed by atoms with Crippen LogP contribution in [0.15, 0.2) is 47.1 Å². The van der Waals surface area contributed by atoms with Crippen LogP contribution >= 0.6 is 11.6 Å². The lowest BCUT2D eigenvalue weighted by atomic mass is 9.86. The number of aryl methyl sites for hydroxylation is 2. The number of pyridine rings is 1. The molecule has 0 saturated carbocycles. The molecule has 6 nitrogen and oxygen atoms in total. The second-order valence-electron chi connectivity index (χ2n) is 7.74. The van der Waals surface area contributed by atoms with E-state index < -0.39 is 0 Å². The van der Waals surface area contributed by atoms with Crippen LogP contribution < -0.4 is 0 Å². The number of nitrogens with zero attached hydrogens (tertiary/aromatic N) is 4. The van der Waals surface area contributed by atoms with E-state index in [0.29, 0.717) is 17.3 Å². The number of hydrogen-bond donors (Lipinski definition) is 0. The van der Waals surface area contributed by atoms with Crippen molar-refractivity contribution in [2.24, 2.45) is 0 Å². The summed E-state index contributed by atoms with van der Waals surface area (Å²) in [7, 11) is 0. The summed E-state index contributed by atoms with van der Waals surface area (Å²) in [6.45, 7) is 6.59. The van der Waals surface area contributed by atoms with Gasteiger partial charge in [-0.15, -0.1) is 0 Å². The van der Waals surface area contributed by atoms with E-state index in [1.54, 1.807) is 22.8 Å². The number of aromatic nitrogens is 3. The topological polar surface area (TPSA) is 63.6 Å². The molecule has 0 bridgehead atoms. The molecule has 3 aromatic heterocycles. The number of rotatable bonds is 2. The predicted octanol–water partition coefficient (Wildman–Crippen LogP) is 5.02. The molecule has 0 saturated heterocycles. The Balaban J connectivity index is 1.51. The summed E-state index contributed by atoms with van der Waals surface area (Å²) in [6.07, 6.45) is 2.48. The minimum absolute atomic E-state index is 0.0601. The number of hydrogen-bond acceptors (Lipinski definition) is 4. The summed E-state index contributed by atoms with van der Waals surface area (Å²) < 4.78 is 7.03. The van der Waals surface area contributed by atoms with Crippen molar-refractivity contribution in [3.05, 3.63) is 75.9 Å². The average molecular weight is 421 g/mol. The van der Waals surface area contributed by atoms with Gasteiger partial charge in [-0.05, 0) is 62.1 Å². The van der Waals surface area contributed by atoms with Crippen molar-refractivity contribution in [2.75, 3.05) is 6.54 Å². The molecule has 1 unspecified atom stereocenters. The van der Waals surface area contributed by atoms with Crippen LogP contribution in [0.25, 0.3) is 16.6 Å². The van der Waals surface area contributed by atoms with E-state index in [4.69, 9.17) is 16.1 Å². The first-order valence-corrected chi connectivity index (χ1v) is 10.3. The summed E-state index contributed by atoms with van der Waals surface area (Å²) in [4.78, 5) is 15.2. The molecule has 1 amide bonds. The smallest absolute Gasteiger partial charge is 0.274 e. The second-order valence-corrected chi connectivity index (χ2v) is 8.18. The maximum Gasteiger partial charge on any atom is 0.274 e. The summed E-state index contributed by atoms with van der Waals surface area (Å²) in [5.74, 6) is 0.742. The largest absolute Gasteiger partial charge is 0.361 e. The van der Waals surface area contributed by atoms with Gasteiger partial charge in [-0.1, -0.05) is 35.0 Å². The second kappa shape index (κ2) is 6.99. The van der Waals surface area contributed by atoms with Crippen molar-refractivity contribution < 1.29 is 9.32 Å². The van der Waals surface area contributed by atoms with Crippen molar-refractivity contribution >= 4 is 23.0 Å². The lowest BCUT2D eigenvalue weighted by Gasteiger charge is -2.36. The van der Waals surface area contributed by atoms with Crippen molar-refractivity contribution in [1.29, 1.82) is 0 Å². The van der Waals surface area contributed by atoms with Gasteiger partial charge in [0.2, 0.25) is 0 Å². The first kappa shape index (κ1) is 18.9. The van der Waals surface area contributed by atoms with Crippen molar-refractivity contribution in [1.82, 2.24) is 19.7 Å². The highest BCUT2D eigenvalue weighted by Gasteiger charge is 2.31. The van der Waals surface area contributed by atoms with Crippen LogP contribution in [0.3, 0.4) is 0 Å². The Morgan fingerprint density at radius 2 is 2.07 bits per heavy atom. The Hall–Kier alpha value is -3.12. The van der Waals surface area contributed by atoms with Crippen molar-refractivity contribution in [3.63, 3.8) is 0 Å². The summed E-state index contributed by atoms with van der Waals surface area (Å²) in [6, 6.07) is 11.7. The van der Waals surface area contributed by atoms with Gasteiger partial charge in [-0.25, -0.2) is 4.52 Å². The van der Waals surface area contributed by atoms with Gasteiger partial charge in [-0.3, -0.25) is 4.79 Å². The van der Waals surface area contributed by atoms with Crippen LogP contribution in [0.1, 0.15) is 46.0 Å². The fraction of sp³-hybridized carbons (Fsp3) is 0.261. The predicted molar refractivity (Wildman–Crippen MR) is 115 cm³/mol. The van der Waals surface area contributed by atoms with Gasteiger partial charge in [0.05, 0.1) is 22.3 Å². The Kier molecular flexibility index (Phi) is 4.40. The van der Waals surface area contributed by atoms with E-state index in [1.807, 2.05) is 30.9 Å². The normalized spacial score (nSPS) is 16.1. The number of amides is 1. The van der Waals surface area contributed by atoms with Crippen molar-refractivity contribution in [3.8, 4) is 11.1 Å². The first-order chi connectivity index (χ1) is 14.4. The molecule has 1 aliphatic rings. The van der Waals surface area contributed by atoms with Gasteiger partial charge in [0.15, 0.2) is 5.69 Å². The number of carbonyl (C=O) groups excluding carboxylic acids is 1. The van der Waals surface area contributed by atoms with Gasteiger partial charge in [0.1, 0.15) is 5.76 Å². The highest BCUT2D eigenvalue weighted by molar-refractivity contribution is 6.30. The molecule has 1 aromatic carbocycles. The molecule has 0 aliphatic carbocycles. The molecule has 4 heterocycles. The van der Waals surface area contributed by atoms with Crippen LogP contribution in [-0.2, 0) is 6.42 Å². The maximum absolute atomic E-state index is 13.3. The minimum atomic E-state index is -0.0734. The lowest BCUT2D eigenvalue weighted by molar-refractivity contribution is 0.0671. The SMILES string of the molecule is Cc1noc(C)c1-c1cccc2c1CCN(C(=O)c1cc3ccc(Cl)cn3n1)C2C. The molecule has 0 N–H and O–H groups in total. The van der Waals surface area contributed by atoms with E-state index in [1.165, 1.54) is 5.56 Å². The molecule has 5 rings (SSSR count). The summed E-state index contributed by atoms with van der Waals surface area (Å²) in [5.41, 5.74) is 6.75. The summed E-state index contributed by atoms with van der Waals surface area (Å²) in [5, 5.41) is 9.13. The van der Waals surface area contributed by atoms with Crippen LogP contribution in [0, 0.1) is 13.8 Å². The molecule has 1 aliphatic heterocycles. The molecule has 0 radical (unpaired) electrons. The van der Waals surface area contributed by atoms with Gasteiger partial charge in [0.25, 0.3) is 5.91 Å². The van der Waals surface area contributed by atoms with Gasteiger partial charge >= 0.3 is 0 Å². The minimum Gasteiger partial charge on any atom is -0.361 e. The van der Waals surface area contributed by atoms with Gasteiger partial charge in [0, 0.05) is 18.3 Å². The lowest BCUT2D eigenvalue weighted by Crippen LogP contribution is -2.39. The Morgan fingerprint density at radius 1 is 1.23 bits per heavy atom. The van der Waals surface area contributed by atoms with Crippen LogP contribution in [0.2, 0.25) is 5.02 Å². The molecule has 1 atom stereocenters. The molecular weight excluding hydrogens is 400 g/mol. The number of halogens is 1. The third-order valence-electron chi connectivity index (χ3n) is 5.94. The molecule has 4 aromatic rings. The highest BCUT2D eigenvalue weighted by atomic mass is 35.5.